The molecule has 29 heavy (non-hydrogen) atoms. The molecule has 0 unspecified atom stereocenters. The van der Waals surface area contributed by atoms with Crippen LogP contribution in [0.15, 0.2) is 59.4 Å². The molecule has 0 saturated heterocycles. The predicted molar refractivity (Wildman–Crippen MR) is 123 cm³/mol. The van der Waals surface area contributed by atoms with E-state index in [0.717, 1.165) is 37.9 Å². The summed E-state index contributed by atoms with van der Waals surface area (Å²) in [7, 11) is 0. The molecule has 4 aromatic rings. The second kappa shape index (κ2) is 7.48. The maximum Gasteiger partial charge on any atom is 0.251 e. The van der Waals surface area contributed by atoms with Gasteiger partial charge in [-0.2, -0.15) is 0 Å². The van der Waals surface area contributed by atoms with E-state index < -0.39 is 0 Å². The zero-order valence-electron chi connectivity index (χ0n) is 17.2. The Hall–Kier alpha value is -2.92. The lowest BCUT2D eigenvalue weighted by atomic mass is 9.90. The molecule has 0 aliphatic carbocycles. The molecule has 148 valence electrons. The van der Waals surface area contributed by atoms with E-state index in [1.54, 1.807) is 11.3 Å². The van der Waals surface area contributed by atoms with Gasteiger partial charge in [-0.3, -0.25) is 4.79 Å². The van der Waals surface area contributed by atoms with Gasteiger partial charge in [0.1, 0.15) is 0 Å². The van der Waals surface area contributed by atoms with Gasteiger partial charge in [0, 0.05) is 33.5 Å². The fourth-order valence-electron chi connectivity index (χ4n) is 3.45. The maximum absolute atomic E-state index is 12.6. The molecule has 4 rings (SSSR count). The van der Waals surface area contributed by atoms with Crippen LogP contribution in [0, 0.1) is 6.92 Å². The molecule has 2 aromatic carbocycles. The van der Waals surface area contributed by atoms with Crippen LogP contribution in [0.4, 0.5) is 10.8 Å². The van der Waals surface area contributed by atoms with E-state index in [4.69, 9.17) is 4.98 Å². The van der Waals surface area contributed by atoms with Crippen molar-refractivity contribution in [2.24, 2.45) is 0 Å². The SMILES string of the molecule is Cc1cccc(Nc2nc(C(C)(C)C)c(Cc3cc4ccccc4[nH]c3=O)s2)c1. The zero-order valence-corrected chi connectivity index (χ0v) is 18.0. The number of fused-ring (bicyclic) bond motifs is 1. The van der Waals surface area contributed by atoms with Gasteiger partial charge in [-0.15, -0.1) is 11.3 Å². The van der Waals surface area contributed by atoms with Crippen molar-refractivity contribution in [3.8, 4) is 0 Å². The van der Waals surface area contributed by atoms with Gasteiger partial charge >= 0.3 is 0 Å². The lowest BCUT2D eigenvalue weighted by molar-refractivity contribution is 0.568. The fourth-order valence-corrected chi connectivity index (χ4v) is 4.67. The summed E-state index contributed by atoms with van der Waals surface area (Å²) in [6.07, 6.45) is 0.569. The van der Waals surface area contributed by atoms with Crippen molar-refractivity contribution in [3.63, 3.8) is 0 Å². The van der Waals surface area contributed by atoms with Crippen molar-refractivity contribution < 1.29 is 0 Å². The largest absolute Gasteiger partial charge is 0.332 e. The number of aromatic amines is 1. The molecule has 0 spiro atoms. The Morgan fingerprint density at radius 2 is 1.86 bits per heavy atom. The maximum atomic E-state index is 12.6. The number of pyridine rings is 1. The number of rotatable bonds is 4. The highest BCUT2D eigenvalue weighted by Crippen LogP contribution is 2.34. The fraction of sp³-hybridized carbons (Fsp3) is 0.250. The monoisotopic (exact) mass is 403 g/mol. The van der Waals surface area contributed by atoms with E-state index in [0.29, 0.717) is 6.42 Å². The third kappa shape index (κ3) is 4.25. The Bertz CT molecular complexity index is 1230. The minimum atomic E-state index is -0.109. The molecule has 2 heterocycles. The third-order valence-electron chi connectivity index (χ3n) is 4.86. The van der Waals surface area contributed by atoms with Gasteiger partial charge in [0.15, 0.2) is 5.13 Å². The number of H-pyrrole nitrogens is 1. The Labute approximate surface area is 174 Å². The summed E-state index contributed by atoms with van der Waals surface area (Å²) in [5, 5.41) is 5.33. The first-order valence-electron chi connectivity index (χ1n) is 9.74. The van der Waals surface area contributed by atoms with Crippen LogP contribution in [0.5, 0.6) is 0 Å². The van der Waals surface area contributed by atoms with Crippen LogP contribution in [0.3, 0.4) is 0 Å². The van der Waals surface area contributed by atoms with Crippen molar-refractivity contribution in [2.45, 2.75) is 39.5 Å². The molecule has 0 atom stereocenters. The van der Waals surface area contributed by atoms with Crippen LogP contribution in [-0.4, -0.2) is 9.97 Å². The number of hydrogen-bond acceptors (Lipinski definition) is 4. The lowest BCUT2D eigenvalue weighted by Crippen LogP contribution is -2.17. The highest BCUT2D eigenvalue weighted by atomic mass is 32.1. The number of hydrogen-bond donors (Lipinski definition) is 2. The minimum Gasteiger partial charge on any atom is -0.332 e. The first-order chi connectivity index (χ1) is 13.8. The molecule has 0 aliphatic rings. The highest BCUT2D eigenvalue weighted by Gasteiger charge is 2.24. The van der Waals surface area contributed by atoms with E-state index >= 15 is 0 Å². The quantitative estimate of drug-likeness (QED) is 0.444. The first kappa shape index (κ1) is 19.4. The number of aryl methyl sites for hydroxylation is 1. The van der Waals surface area contributed by atoms with Crippen LogP contribution in [0.1, 0.15) is 42.5 Å². The summed E-state index contributed by atoms with van der Waals surface area (Å²) in [4.78, 5) is 21.7. The molecule has 2 N–H and O–H groups in total. The number of thiazole rings is 1. The van der Waals surface area contributed by atoms with E-state index in [2.05, 4.69) is 50.1 Å². The van der Waals surface area contributed by atoms with Crippen LogP contribution in [0.25, 0.3) is 10.9 Å². The number of nitrogens with zero attached hydrogens (tertiary/aromatic N) is 1. The topological polar surface area (TPSA) is 57.8 Å². The van der Waals surface area contributed by atoms with Crippen LogP contribution in [-0.2, 0) is 11.8 Å². The Balaban J connectivity index is 1.72. The van der Waals surface area contributed by atoms with E-state index in [-0.39, 0.29) is 11.0 Å². The summed E-state index contributed by atoms with van der Waals surface area (Å²) < 4.78 is 0. The van der Waals surface area contributed by atoms with Crippen molar-refractivity contribution in [1.29, 1.82) is 0 Å². The smallest absolute Gasteiger partial charge is 0.251 e. The molecule has 0 bridgehead atoms. The molecule has 0 fully saturated rings. The zero-order chi connectivity index (χ0) is 20.6. The van der Waals surface area contributed by atoms with Crippen molar-refractivity contribution in [1.82, 2.24) is 9.97 Å². The van der Waals surface area contributed by atoms with Gasteiger partial charge in [-0.05, 0) is 42.1 Å². The molecule has 0 radical (unpaired) electrons. The van der Waals surface area contributed by atoms with Gasteiger partial charge < -0.3 is 10.3 Å². The molecular formula is C24H25N3OS. The van der Waals surface area contributed by atoms with Crippen molar-refractivity contribution in [2.75, 3.05) is 5.32 Å². The molecule has 5 heteroatoms. The summed E-state index contributed by atoms with van der Waals surface area (Å²) in [6.45, 7) is 8.55. The van der Waals surface area contributed by atoms with E-state index in [1.165, 1.54) is 5.56 Å². The van der Waals surface area contributed by atoms with Crippen LogP contribution < -0.4 is 10.9 Å². The van der Waals surface area contributed by atoms with Gasteiger partial charge in [0.05, 0.1) is 5.69 Å². The third-order valence-corrected chi connectivity index (χ3v) is 5.83. The molecule has 0 aliphatic heterocycles. The number of benzene rings is 2. The van der Waals surface area contributed by atoms with Crippen molar-refractivity contribution in [3.05, 3.63) is 86.6 Å². The average molecular weight is 404 g/mol. The second-order valence-corrected chi connectivity index (χ2v) is 9.51. The van der Waals surface area contributed by atoms with Gasteiger partial charge in [-0.1, -0.05) is 51.1 Å². The summed E-state index contributed by atoms with van der Waals surface area (Å²) in [5.41, 5.74) is 4.74. The minimum absolute atomic E-state index is 0.0369. The molecule has 0 amide bonds. The average Bonchev–Trinajstić information content (AvgIpc) is 3.05. The van der Waals surface area contributed by atoms with Gasteiger partial charge in [-0.25, -0.2) is 4.98 Å². The summed E-state index contributed by atoms with van der Waals surface area (Å²) >= 11 is 1.62. The number of para-hydroxylation sites is 1. The molecule has 4 nitrogen and oxygen atoms in total. The van der Waals surface area contributed by atoms with Gasteiger partial charge in [0.25, 0.3) is 5.56 Å². The summed E-state index contributed by atoms with van der Waals surface area (Å²) in [5.74, 6) is 0. The second-order valence-electron chi connectivity index (χ2n) is 8.42. The molecular weight excluding hydrogens is 378 g/mol. The van der Waals surface area contributed by atoms with Crippen LogP contribution in [0.2, 0.25) is 0 Å². The van der Waals surface area contributed by atoms with Crippen molar-refractivity contribution >= 4 is 33.1 Å². The summed E-state index contributed by atoms with van der Waals surface area (Å²) in [6, 6.07) is 18.1. The van der Waals surface area contributed by atoms with E-state index in [9.17, 15) is 4.79 Å². The number of aromatic nitrogens is 2. The normalized spacial score (nSPS) is 11.7. The lowest BCUT2D eigenvalue weighted by Gasteiger charge is -2.17. The van der Waals surface area contributed by atoms with E-state index in [1.807, 2.05) is 42.5 Å². The molecule has 0 saturated carbocycles. The Morgan fingerprint density at radius 1 is 1.07 bits per heavy atom. The highest BCUT2D eigenvalue weighted by molar-refractivity contribution is 7.15. The van der Waals surface area contributed by atoms with Gasteiger partial charge in [0.2, 0.25) is 0 Å². The number of anilines is 2. The first-order valence-corrected chi connectivity index (χ1v) is 10.6. The number of nitrogens with one attached hydrogen (secondary N) is 2. The Kier molecular flexibility index (Phi) is 5.01. The predicted octanol–water partition coefficient (Wildman–Crippen LogP) is 5.92. The van der Waals surface area contributed by atoms with Crippen LogP contribution >= 0.6 is 11.3 Å². The molecule has 2 aromatic heterocycles. The standard InChI is InChI=1S/C24H25N3OS/c1-15-8-7-10-18(12-15)25-23-27-21(24(2,3)4)20(29-23)14-17-13-16-9-5-6-11-19(16)26-22(17)28/h5-13H,14H2,1-4H3,(H,25,27)(H,26,28). The Morgan fingerprint density at radius 3 is 2.62 bits per heavy atom.